The third-order valence-electron chi connectivity index (χ3n) is 11.0. The van der Waals surface area contributed by atoms with E-state index in [2.05, 4.69) is 12.2 Å². The van der Waals surface area contributed by atoms with Gasteiger partial charge in [-0.25, -0.2) is 0 Å². The van der Waals surface area contributed by atoms with Crippen LogP contribution in [0, 0.1) is 0 Å². The topological polar surface area (TPSA) is 327 Å². The predicted molar refractivity (Wildman–Crippen MR) is 193 cm³/mol. The third kappa shape index (κ3) is 10.5. The Labute approximate surface area is 331 Å². The van der Waals surface area contributed by atoms with Crippen LogP contribution in [0.5, 0.6) is 0 Å². The average Bonchev–Trinajstić information content (AvgIpc) is 3.62. The van der Waals surface area contributed by atoms with Gasteiger partial charge < -0.3 is 95.0 Å². The van der Waals surface area contributed by atoms with E-state index in [4.69, 9.17) is 28.4 Å². The van der Waals surface area contributed by atoms with Gasteiger partial charge in [0.15, 0.2) is 18.9 Å². The highest BCUT2D eigenvalue weighted by Gasteiger charge is 2.53. The van der Waals surface area contributed by atoms with Gasteiger partial charge in [-0.05, 0) is 38.7 Å². The molecule has 0 radical (unpaired) electrons. The van der Waals surface area contributed by atoms with Crippen molar-refractivity contribution in [3.05, 3.63) is 11.6 Å². The van der Waals surface area contributed by atoms with Crippen molar-refractivity contribution in [3.63, 3.8) is 0 Å². The number of carbonyl (C=O) groups excluding carboxylic acids is 1. The summed E-state index contributed by atoms with van der Waals surface area (Å²) in [6, 6.07) is -2.25. The van der Waals surface area contributed by atoms with Gasteiger partial charge in [0.1, 0.15) is 86.0 Å². The lowest BCUT2D eigenvalue weighted by molar-refractivity contribution is -0.373. The standard InChI is InChI=1S/C34H57NO19S2/c1-13-19(35-15-9-14(20(39)23(42)21(15)40)12-49-18(38)5-3-4-6-34(2)7-8-55-56-34)22(41)27(46)32(50-13)53-30-17(11-37)52-33(28(47)25(30)44)54-29-16(10-36)51-31(48)26(45)24(29)43/h9,13,15-17,19-33,35-37,39-48H,3-8,10-12H2,1-2H3/t13-,15-,16-,17-,19-,20-,21+,22-,23+,24+,25+,26-,27-,28-,29-,30-,31?,32+,33-,34-/m1/s1. The smallest absolute Gasteiger partial charge is 0.306 e. The van der Waals surface area contributed by atoms with E-state index in [0.717, 1.165) is 25.0 Å². The lowest BCUT2D eigenvalue weighted by Crippen LogP contribution is -2.68. The quantitative estimate of drug-likeness (QED) is 0.0318. The van der Waals surface area contributed by atoms with E-state index in [0.29, 0.717) is 6.42 Å². The summed E-state index contributed by atoms with van der Waals surface area (Å²) < 4.78 is 33.3. The van der Waals surface area contributed by atoms with Crippen molar-refractivity contribution in [1.82, 2.24) is 5.32 Å². The van der Waals surface area contributed by atoms with Gasteiger partial charge in [-0.2, -0.15) is 0 Å². The number of esters is 1. The van der Waals surface area contributed by atoms with Crippen LogP contribution < -0.4 is 5.32 Å². The molecule has 22 heteroatoms. The molecule has 0 aromatic rings. The van der Waals surface area contributed by atoms with Gasteiger partial charge in [0.05, 0.1) is 31.4 Å². The van der Waals surface area contributed by atoms with Crippen LogP contribution >= 0.6 is 21.6 Å². The van der Waals surface area contributed by atoms with Crippen LogP contribution in [0.25, 0.3) is 0 Å². The summed E-state index contributed by atoms with van der Waals surface area (Å²) in [5.41, 5.74) is 0.106. The number of carbonyl (C=O) groups is 1. The van der Waals surface area contributed by atoms with Crippen molar-refractivity contribution >= 4 is 27.6 Å². The highest BCUT2D eigenvalue weighted by molar-refractivity contribution is 8.77. The first kappa shape index (κ1) is 46.3. The zero-order chi connectivity index (χ0) is 41.1. The van der Waals surface area contributed by atoms with Crippen molar-refractivity contribution in [2.45, 2.75) is 167 Å². The van der Waals surface area contributed by atoms with Gasteiger partial charge in [-0.1, -0.05) is 34.1 Å². The maximum Gasteiger partial charge on any atom is 0.306 e. The van der Waals surface area contributed by atoms with Crippen molar-refractivity contribution in [2.24, 2.45) is 0 Å². The Morgan fingerprint density at radius 1 is 0.804 bits per heavy atom. The summed E-state index contributed by atoms with van der Waals surface area (Å²) in [5.74, 6) is 0.624. The number of hydrogen-bond acceptors (Lipinski definition) is 22. The molecular formula is C34H57NO19S2. The Morgan fingerprint density at radius 2 is 1.41 bits per heavy atom. The molecule has 0 amide bonds. The minimum absolute atomic E-state index is 0.106. The van der Waals surface area contributed by atoms with Crippen LogP contribution in [0.2, 0.25) is 0 Å². The summed E-state index contributed by atoms with van der Waals surface area (Å²) in [5, 5.41) is 129. The Hall–Kier alpha value is -0.810. The second-order valence-electron chi connectivity index (χ2n) is 15.2. The number of unbranched alkanes of at least 4 members (excludes halogenated alkanes) is 1. The van der Waals surface area contributed by atoms with E-state index in [1.165, 1.54) is 13.0 Å². The molecule has 20 nitrogen and oxygen atoms in total. The molecule has 5 rings (SSSR count). The van der Waals surface area contributed by atoms with Crippen LogP contribution in [-0.2, 0) is 33.2 Å². The molecule has 5 aliphatic rings. The zero-order valence-corrected chi connectivity index (χ0v) is 32.6. The van der Waals surface area contributed by atoms with Crippen molar-refractivity contribution in [3.8, 4) is 0 Å². The van der Waals surface area contributed by atoms with Gasteiger partial charge in [0.25, 0.3) is 0 Å². The number of aliphatic hydroxyl groups is 12. The maximum atomic E-state index is 12.5. The average molecular weight is 848 g/mol. The molecule has 1 aliphatic carbocycles. The Bertz CT molecular complexity index is 1300. The first-order valence-electron chi connectivity index (χ1n) is 18.7. The number of rotatable bonds is 15. The van der Waals surface area contributed by atoms with Crippen molar-refractivity contribution < 1.29 is 94.5 Å². The molecule has 0 aromatic heterocycles. The molecule has 4 aliphatic heterocycles. The van der Waals surface area contributed by atoms with E-state index in [-0.39, 0.29) is 23.3 Å². The molecule has 0 saturated carbocycles. The fourth-order valence-corrected chi connectivity index (χ4v) is 10.8. The highest BCUT2D eigenvalue weighted by atomic mass is 33.1. The SMILES string of the molecule is C[C@H]1O[C@@H](O[C@H]2[C@@H](O)[C@@H](O)[C@@H](O[C@H]3[C@@H](O)[C@@H](O)C(O)O[C@@H]3CO)O[C@@H]2CO)[C@H](O)[C@H](O)[C@@H]1N[C@@H]1C=C(COC(=O)CCCC[C@]2(C)CCSS2)[C@@H](O)[C@H](O)[C@H]1O. The van der Waals surface area contributed by atoms with Crippen molar-refractivity contribution in [1.29, 1.82) is 0 Å². The molecule has 4 saturated heterocycles. The Morgan fingerprint density at radius 3 is 2.04 bits per heavy atom. The number of aliphatic hydroxyl groups excluding tert-OH is 12. The first-order chi connectivity index (χ1) is 26.5. The van der Waals surface area contributed by atoms with Crippen LogP contribution in [0.1, 0.15) is 46.0 Å². The minimum Gasteiger partial charge on any atom is -0.461 e. The number of nitrogens with one attached hydrogen (secondary N) is 1. The molecule has 13 N–H and O–H groups in total. The molecule has 0 aromatic carbocycles. The van der Waals surface area contributed by atoms with E-state index in [9.17, 15) is 66.1 Å². The van der Waals surface area contributed by atoms with E-state index >= 15 is 0 Å². The monoisotopic (exact) mass is 847 g/mol. The minimum atomic E-state index is -1.95. The lowest BCUT2D eigenvalue weighted by atomic mass is 9.86. The summed E-state index contributed by atoms with van der Waals surface area (Å²) in [7, 11) is 3.72. The molecule has 1 unspecified atom stereocenters. The molecule has 56 heavy (non-hydrogen) atoms. The highest BCUT2D eigenvalue weighted by Crippen LogP contribution is 2.49. The van der Waals surface area contributed by atoms with Gasteiger partial charge >= 0.3 is 5.97 Å². The molecule has 4 heterocycles. The largest absolute Gasteiger partial charge is 0.461 e. The fraction of sp³-hybridized carbons (Fsp3) is 0.912. The van der Waals surface area contributed by atoms with E-state index in [1.54, 1.807) is 0 Å². The van der Waals surface area contributed by atoms with Gasteiger partial charge in [-0.3, -0.25) is 4.79 Å². The van der Waals surface area contributed by atoms with Crippen LogP contribution in [0.15, 0.2) is 11.6 Å². The first-order valence-corrected chi connectivity index (χ1v) is 21.0. The Balaban J connectivity index is 1.16. The fourth-order valence-electron chi connectivity index (χ4n) is 7.46. The third-order valence-corrected chi connectivity index (χ3v) is 14.4. The summed E-state index contributed by atoms with van der Waals surface area (Å²) >= 11 is 0. The Kier molecular flexibility index (Phi) is 16.7. The van der Waals surface area contributed by atoms with Gasteiger partial charge in [0, 0.05) is 16.9 Å². The van der Waals surface area contributed by atoms with Crippen LogP contribution in [-0.4, -0.2) is 214 Å². The van der Waals surface area contributed by atoms with E-state index in [1.807, 2.05) is 21.6 Å². The van der Waals surface area contributed by atoms with Crippen LogP contribution in [0.4, 0.5) is 0 Å². The summed E-state index contributed by atoms with van der Waals surface area (Å²) in [4.78, 5) is 12.5. The molecule has 20 atom stereocenters. The molecule has 324 valence electrons. The summed E-state index contributed by atoms with van der Waals surface area (Å²) in [6.07, 6.45) is -23.2. The number of hydrogen-bond donors (Lipinski definition) is 13. The van der Waals surface area contributed by atoms with E-state index < -0.39 is 136 Å². The predicted octanol–water partition coefficient (Wildman–Crippen LogP) is -4.91. The van der Waals surface area contributed by atoms with Crippen LogP contribution in [0.3, 0.4) is 0 Å². The second kappa shape index (κ2) is 20.2. The molecule has 4 fully saturated rings. The second-order valence-corrected chi connectivity index (χ2v) is 18.2. The zero-order valence-electron chi connectivity index (χ0n) is 31.0. The molecule has 0 bridgehead atoms. The summed E-state index contributed by atoms with van der Waals surface area (Å²) in [6.45, 7) is 1.71. The van der Waals surface area contributed by atoms with Gasteiger partial charge in [-0.15, -0.1) is 0 Å². The number of ether oxygens (including phenoxy) is 6. The normalized spacial score (nSPS) is 47.4. The maximum absolute atomic E-state index is 12.5. The van der Waals surface area contributed by atoms with Crippen molar-refractivity contribution in [2.75, 3.05) is 25.6 Å². The molecular weight excluding hydrogens is 790 g/mol. The molecule has 0 spiro atoms. The van der Waals surface area contributed by atoms with Gasteiger partial charge in [0.2, 0.25) is 0 Å². The lowest BCUT2D eigenvalue weighted by Gasteiger charge is -2.48.